The third-order valence-corrected chi connectivity index (χ3v) is 4.66. The van der Waals surface area contributed by atoms with Crippen LogP contribution in [0.5, 0.6) is 0 Å². The summed E-state index contributed by atoms with van der Waals surface area (Å²) < 4.78 is 1.63. The van der Waals surface area contributed by atoms with Gasteiger partial charge in [-0.3, -0.25) is 9.59 Å². The van der Waals surface area contributed by atoms with E-state index in [-0.39, 0.29) is 10.6 Å². The van der Waals surface area contributed by atoms with Crippen LogP contribution < -0.4 is 10.5 Å². The van der Waals surface area contributed by atoms with E-state index < -0.39 is 17.9 Å². The highest BCUT2D eigenvalue weighted by Gasteiger charge is 2.18. The van der Waals surface area contributed by atoms with Crippen LogP contribution in [0.25, 0.3) is 0 Å². The van der Waals surface area contributed by atoms with Crippen LogP contribution in [0.15, 0.2) is 29.4 Å². The van der Waals surface area contributed by atoms with Crippen LogP contribution in [0.2, 0.25) is 10.0 Å². The van der Waals surface area contributed by atoms with Crippen LogP contribution in [-0.2, 0) is 4.79 Å². The van der Waals surface area contributed by atoms with E-state index in [2.05, 4.69) is 4.99 Å². The number of primary amides is 1. The molecule has 2 rings (SSSR count). The Bertz CT molecular complexity index is 826. The minimum atomic E-state index is -0.549. The third kappa shape index (κ3) is 4.02. The summed E-state index contributed by atoms with van der Waals surface area (Å²) in [5.74, 6) is -0.967. The molecular formula is C15H15Cl2N3O2S. The molecule has 1 aromatic heterocycles. The summed E-state index contributed by atoms with van der Waals surface area (Å²) in [6.07, 6.45) is 2.27. The monoisotopic (exact) mass is 371 g/mol. The van der Waals surface area contributed by atoms with Gasteiger partial charge < -0.3 is 10.3 Å². The van der Waals surface area contributed by atoms with Crippen LogP contribution >= 0.6 is 34.5 Å². The highest BCUT2D eigenvalue weighted by molar-refractivity contribution is 7.09. The number of carbonyl (C=O) groups is 2. The zero-order valence-electron chi connectivity index (χ0n) is 12.5. The minimum absolute atomic E-state index is 0.230. The topological polar surface area (TPSA) is 77.5 Å². The van der Waals surface area contributed by atoms with E-state index in [4.69, 9.17) is 28.9 Å². The van der Waals surface area contributed by atoms with E-state index in [1.54, 1.807) is 16.8 Å². The van der Waals surface area contributed by atoms with Gasteiger partial charge in [-0.05, 0) is 31.5 Å². The Morgan fingerprint density at radius 1 is 1.39 bits per heavy atom. The molecule has 0 aliphatic rings. The molecular weight excluding hydrogens is 357 g/mol. The minimum Gasteiger partial charge on any atom is -0.368 e. The molecule has 0 radical (unpaired) electrons. The van der Waals surface area contributed by atoms with Gasteiger partial charge in [0.1, 0.15) is 6.04 Å². The molecule has 2 N–H and O–H groups in total. The first kappa shape index (κ1) is 17.7. The fourth-order valence-electron chi connectivity index (χ4n) is 2.12. The van der Waals surface area contributed by atoms with Crippen molar-refractivity contribution in [2.75, 3.05) is 0 Å². The van der Waals surface area contributed by atoms with Gasteiger partial charge in [-0.15, -0.1) is 11.3 Å². The van der Waals surface area contributed by atoms with Gasteiger partial charge in [0.05, 0.1) is 10.6 Å². The van der Waals surface area contributed by atoms with Crippen molar-refractivity contribution in [3.63, 3.8) is 0 Å². The molecule has 1 atom stereocenters. The Hall–Kier alpha value is -1.63. The number of benzene rings is 1. The number of halogens is 2. The number of aryl methyl sites for hydroxylation is 1. The van der Waals surface area contributed by atoms with Crippen LogP contribution in [0.4, 0.5) is 0 Å². The summed E-state index contributed by atoms with van der Waals surface area (Å²) >= 11 is 13.2. The molecule has 1 heterocycles. The van der Waals surface area contributed by atoms with E-state index >= 15 is 0 Å². The standard InChI is InChI=1S/C15H15Cl2N3O2S/c1-3-12(13(18)21)20-7-8(2)23-15(20)19-14(22)10-5-4-9(16)6-11(10)17/h4-7,12H,3H2,1-2H3,(H2,18,21). The molecule has 122 valence electrons. The molecule has 8 heteroatoms. The van der Waals surface area contributed by atoms with E-state index in [9.17, 15) is 9.59 Å². The average molecular weight is 372 g/mol. The zero-order chi connectivity index (χ0) is 17.1. The molecule has 0 aliphatic carbocycles. The summed E-state index contributed by atoms with van der Waals surface area (Å²) in [6, 6.07) is 4.03. The Labute approximate surface area is 147 Å². The van der Waals surface area contributed by atoms with Crippen molar-refractivity contribution in [3.8, 4) is 0 Å². The average Bonchev–Trinajstić information content (AvgIpc) is 2.79. The molecule has 0 saturated carbocycles. The van der Waals surface area contributed by atoms with Crippen LogP contribution in [-0.4, -0.2) is 16.4 Å². The molecule has 2 aromatic rings. The number of hydrogen-bond acceptors (Lipinski definition) is 3. The van der Waals surface area contributed by atoms with E-state index in [1.807, 2.05) is 13.8 Å². The van der Waals surface area contributed by atoms with Gasteiger partial charge in [0.25, 0.3) is 5.91 Å². The second-order valence-electron chi connectivity index (χ2n) is 4.90. The highest BCUT2D eigenvalue weighted by Crippen LogP contribution is 2.21. The molecule has 0 fully saturated rings. The Morgan fingerprint density at radius 2 is 2.09 bits per heavy atom. The molecule has 1 unspecified atom stereocenters. The molecule has 0 saturated heterocycles. The Kier molecular flexibility index (Phi) is 5.62. The zero-order valence-corrected chi connectivity index (χ0v) is 14.9. The van der Waals surface area contributed by atoms with Crippen molar-refractivity contribution in [2.24, 2.45) is 10.7 Å². The molecule has 0 spiro atoms. The molecule has 2 amide bonds. The molecule has 23 heavy (non-hydrogen) atoms. The quantitative estimate of drug-likeness (QED) is 0.894. The summed E-state index contributed by atoms with van der Waals surface area (Å²) in [5.41, 5.74) is 5.67. The lowest BCUT2D eigenvalue weighted by atomic mass is 10.2. The van der Waals surface area contributed by atoms with Crippen LogP contribution in [0.3, 0.4) is 0 Å². The molecule has 0 bridgehead atoms. The first-order valence-corrected chi connectivity index (χ1v) is 8.42. The first-order valence-electron chi connectivity index (χ1n) is 6.85. The van der Waals surface area contributed by atoms with Gasteiger partial charge in [-0.25, -0.2) is 0 Å². The summed E-state index contributed by atoms with van der Waals surface area (Å²) in [7, 11) is 0. The number of amides is 2. The lowest BCUT2D eigenvalue weighted by Crippen LogP contribution is -2.31. The maximum Gasteiger partial charge on any atom is 0.281 e. The number of nitrogens with two attached hydrogens (primary N) is 1. The summed E-state index contributed by atoms with van der Waals surface area (Å²) in [5, 5.41) is 0.668. The van der Waals surface area contributed by atoms with E-state index in [0.717, 1.165) is 4.88 Å². The van der Waals surface area contributed by atoms with Gasteiger partial charge in [-0.1, -0.05) is 30.1 Å². The van der Waals surface area contributed by atoms with Crippen LogP contribution in [0.1, 0.15) is 34.6 Å². The molecule has 5 nitrogen and oxygen atoms in total. The predicted molar refractivity (Wildman–Crippen MR) is 91.9 cm³/mol. The number of rotatable bonds is 4. The second-order valence-corrected chi connectivity index (χ2v) is 6.96. The number of carbonyl (C=O) groups excluding carboxylic acids is 2. The van der Waals surface area contributed by atoms with Gasteiger partial charge >= 0.3 is 0 Å². The highest BCUT2D eigenvalue weighted by atomic mass is 35.5. The SMILES string of the molecule is CCC(C(N)=O)n1cc(C)sc1=NC(=O)c1ccc(Cl)cc1Cl. The number of aromatic nitrogens is 1. The van der Waals surface area contributed by atoms with Crippen molar-refractivity contribution in [1.29, 1.82) is 0 Å². The lowest BCUT2D eigenvalue weighted by Gasteiger charge is -2.12. The van der Waals surface area contributed by atoms with Crippen molar-refractivity contribution in [1.82, 2.24) is 4.57 Å². The van der Waals surface area contributed by atoms with Gasteiger partial charge in [0.2, 0.25) is 5.91 Å². The Morgan fingerprint density at radius 3 is 2.65 bits per heavy atom. The maximum absolute atomic E-state index is 12.4. The number of nitrogens with zero attached hydrogens (tertiary/aromatic N) is 2. The van der Waals surface area contributed by atoms with Crippen molar-refractivity contribution in [2.45, 2.75) is 26.3 Å². The lowest BCUT2D eigenvalue weighted by molar-refractivity contribution is -0.121. The maximum atomic E-state index is 12.4. The summed E-state index contributed by atoms with van der Waals surface area (Å²) in [4.78, 5) is 29.4. The third-order valence-electron chi connectivity index (χ3n) is 3.20. The predicted octanol–water partition coefficient (Wildman–Crippen LogP) is 3.34. The van der Waals surface area contributed by atoms with E-state index in [1.165, 1.54) is 23.5 Å². The largest absolute Gasteiger partial charge is 0.368 e. The van der Waals surface area contributed by atoms with Gasteiger partial charge in [0, 0.05) is 16.1 Å². The van der Waals surface area contributed by atoms with Crippen molar-refractivity contribution >= 4 is 46.4 Å². The van der Waals surface area contributed by atoms with Crippen molar-refractivity contribution in [3.05, 3.63) is 49.7 Å². The fraction of sp³-hybridized carbons (Fsp3) is 0.267. The molecule has 0 aliphatic heterocycles. The van der Waals surface area contributed by atoms with Gasteiger partial charge in [0.15, 0.2) is 4.80 Å². The summed E-state index contributed by atoms with van der Waals surface area (Å²) in [6.45, 7) is 3.71. The van der Waals surface area contributed by atoms with Crippen molar-refractivity contribution < 1.29 is 9.59 Å². The number of hydrogen-bond donors (Lipinski definition) is 1. The van der Waals surface area contributed by atoms with E-state index in [0.29, 0.717) is 16.2 Å². The first-order chi connectivity index (χ1) is 10.8. The molecule has 1 aromatic carbocycles. The Balaban J connectivity index is 2.51. The normalized spacial score (nSPS) is 13.1. The van der Waals surface area contributed by atoms with Crippen LogP contribution in [0, 0.1) is 6.92 Å². The number of thiazole rings is 1. The second kappa shape index (κ2) is 7.29. The fourth-order valence-corrected chi connectivity index (χ4v) is 3.48. The smallest absolute Gasteiger partial charge is 0.281 e. The van der Waals surface area contributed by atoms with Gasteiger partial charge in [-0.2, -0.15) is 4.99 Å².